The monoisotopic (exact) mass is 325 g/mol. The topological polar surface area (TPSA) is 81.7 Å². The van der Waals surface area contributed by atoms with Crippen molar-refractivity contribution in [3.8, 4) is 5.75 Å². The van der Waals surface area contributed by atoms with E-state index in [9.17, 15) is 26.4 Å². The molecule has 0 aliphatic carbocycles. The van der Waals surface area contributed by atoms with E-state index in [2.05, 4.69) is 9.50 Å². The Labute approximate surface area is 118 Å². The lowest BCUT2D eigenvalue weighted by Crippen LogP contribution is -2.28. The second-order valence-electron chi connectivity index (χ2n) is 4.30. The molecule has 0 radical (unpaired) electrons. The van der Waals surface area contributed by atoms with Gasteiger partial charge in [-0.2, -0.15) is 21.6 Å². The first kappa shape index (κ1) is 15.4. The zero-order chi connectivity index (χ0) is 15.8. The first-order chi connectivity index (χ1) is 9.60. The number of halogens is 3. The SMILES string of the molecule is Cc1cc(OS(=O)(=O)C(F)(F)F)ccc1C1COC(=O)N1. The average Bonchev–Trinajstić information content (AvgIpc) is 2.73. The molecule has 1 amide bonds. The van der Waals surface area contributed by atoms with E-state index in [4.69, 9.17) is 4.74 Å². The van der Waals surface area contributed by atoms with E-state index in [1.807, 2.05) is 0 Å². The third-order valence-corrected chi connectivity index (χ3v) is 3.76. The molecule has 1 atom stereocenters. The van der Waals surface area contributed by atoms with Crippen LogP contribution in [0.2, 0.25) is 0 Å². The van der Waals surface area contributed by atoms with Gasteiger partial charge >= 0.3 is 21.7 Å². The van der Waals surface area contributed by atoms with Gasteiger partial charge in [0.1, 0.15) is 12.4 Å². The summed E-state index contributed by atoms with van der Waals surface area (Å²) in [6.07, 6.45) is -0.598. The minimum Gasteiger partial charge on any atom is -0.447 e. The van der Waals surface area contributed by atoms with Crippen LogP contribution in [0.1, 0.15) is 17.2 Å². The van der Waals surface area contributed by atoms with E-state index in [-0.39, 0.29) is 6.61 Å². The summed E-state index contributed by atoms with van der Waals surface area (Å²) >= 11 is 0. The fraction of sp³-hybridized carbons (Fsp3) is 0.364. The summed E-state index contributed by atoms with van der Waals surface area (Å²) in [7, 11) is -5.70. The number of carbonyl (C=O) groups is 1. The van der Waals surface area contributed by atoms with Crippen LogP contribution in [0.4, 0.5) is 18.0 Å². The Morgan fingerprint density at radius 2 is 2.05 bits per heavy atom. The van der Waals surface area contributed by atoms with Gasteiger partial charge in [0.2, 0.25) is 0 Å². The van der Waals surface area contributed by atoms with E-state index in [0.29, 0.717) is 11.1 Å². The van der Waals surface area contributed by atoms with Crippen molar-refractivity contribution >= 4 is 16.2 Å². The lowest BCUT2D eigenvalue weighted by Gasteiger charge is -2.14. The van der Waals surface area contributed by atoms with E-state index in [1.54, 1.807) is 6.92 Å². The minimum atomic E-state index is -5.70. The summed E-state index contributed by atoms with van der Waals surface area (Å²) in [5.41, 5.74) is -4.44. The molecular formula is C11H10F3NO5S. The molecule has 1 aromatic carbocycles. The number of nitrogens with one attached hydrogen (secondary N) is 1. The van der Waals surface area contributed by atoms with Gasteiger partial charge in [-0.1, -0.05) is 6.07 Å². The van der Waals surface area contributed by atoms with Crippen LogP contribution < -0.4 is 9.50 Å². The summed E-state index contributed by atoms with van der Waals surface area (Å²) in [6.45, 7) is 1.63. The molecule has 1 N–H and O–H groups in total. The number of hydrogen-bond donors (Lipinski definition) is 1. The number of benzene rings is 1. The highest BCUT2D eigenvalue weighted by Crippen LogP contribution is 2.30. The molecule has 1 fully saturated rings. The van der Waals surface area contributed by atoms with Crippen molar-refractivity contribution in [3.05, 3.63) is 29.3 Å². The molecule has 1 aliphatic heterocycles. The Kier molecular flexibility index (Phi) is 3.74. The van der Waals surface area contributed by atoms with Gasteiger partial charge in [0, 0.05) is 0 Å². The summed E-state index contributed by atoms with van der Waals surface area (Å²) in [5.74, 6) is -0.459. The predicted molar refractivity (Wildman–Crippen MR) is 64.0 cm³/mol. The maximum atomic E-state index is 12.2. The molecule has 0 spiro atoms. The fourth-order valence-electron chi connectivity index (χ4n) is 1.82. The van der Waals surface area contributed by atoms with Crippen molar-refractivity contribution in [2.45, 2.75) is 18.5 Å². The van der Waals surface area contributed by atoms with E-state index < -0.39 is 33.5 Å². The highest BCUT2D eigenvalue weighted by atomic mass is 32.2. The molecule has 6 nitrogen and oxygen atoms in total. The highest BCUT2D eigenvalue weighted by molar-refractivity contribution is 7.88. The highest BCUT2D eigenvalue weighted by Gasteiger charge is 2.48. The number of hydrogen-bond acceptors (Lipinski definition) is 5. The Bertz CT molecular complexity index is 671. The van der Waals surface area contributed by atoms with Crippen molar-refractivity contribution in [3.63, 3.8) is 0 Å². The van der Waals surface area contributed by atoms with Gasteiger partial charge in [-0.15, -0.1) is 0 Å². The molecule has 1 unspecified atom stereocenters. The molecule has 0 bridgehead atoms. The molecule has 1 heterocycles. The molecule has 10 heteroatoms. The third-order valence-electron chi connectivity index (χ3n) is 2.78. The van der Waals surface area contributed by atoms with Crippen molar-refractivity contribution in [2.24, 2.45) is 0 Å². The first-order valence-electron chi connectivity index (χ1n) is 5.65. The van der Waals surface area contributed by atoms with Gasteiger partial charge in [-0.05, 0) is 30.2 Å². The first-order valence-corrected chi connectivity index (χ1v) is 7.05. The maximum Gasteiger partial charge on any atom is 0.534 e. The van der Waals surface area contributed by atoms with Crippen molar-refractivity contribution < 1.29 is 35.3 Å². The lowest BCUT2D eigenvalue weighted by molar-refractivity contribution is -0.0500. The maximum absolute atomic E-state index is 12.2. The molecule has 2 rings (SSSR count). The Hall–Kier alpha value is -1.97. The zero-order valence-electron chi connectivity index (χ0n) is 10.6. The number of rotatable bonds is 3. The smallest absolute Gasteiger partial charge is 0.447 e. The number of alkyl halides is 3. The lowest BCUT2D eigenvalue weighted by atomic mass is 10.0. The summed E-state index contributed by atoms with van der Waals surface area (Å²) in [5, 5.41) is 2.50. The van der Waals surface area contributed by atoms with Crippen LogP contribution in [-0.4, -0.2) is 26.6 Å². The molecule has 21 heavy (non-hydrogen) atoms. The molecule has 116 valence electrons. The van der Waals surface area contributed by atoms with Gasteiger partial charge < -0.3 is 14.2 Å². The molecule has 0 saturated carbocycles. The van der Waals surface area contributed by atoms with Gasteiger partial charge in [-0.25, -0.2) is 4.79 Å². The summed E-state index contributed by atoms with van der Waals surface area (Å²) in [4.78, 5) is 10.9. The zero-order valence-corrected chi connectivity index (χ0v) is 11.4. The molecule has 1 aliphatic rings. The van der Waals surface area contributed by atoms with Crippen LogP contribution in [-0.2, 0) is 14.9 Å². The quantitative estimate of drug-likeness (QED) is 0.679. The van der Waals surface area contributed by atoms with Crippen molar-refractivity contribution in [1.29, 1.82) is 0 Å². The van der Waals surface area contributed by atoms with Crippen LogP contribution in [0.5, 0.6) is 5.75 Å². The molecular weight excluding hydrogens is 315 g/mol. The van der Waals surface area contributed by atoms with Gasteiger partial charge in [0.15, 0.2) is 0 Å². The van der Waals surface area contributed by atoms with Crippen LogP contribution in [0.3, 0.4) is 0 Å². The van der Waals surface area contributed by atoms with Gasteiger partial charge in [-0.3, -0.25) is 0 Å². The average molecular weight is 325 g/mol. The normalized spacial score (nSPS) is 19.0. The minimum absolute atomic E-state index is 0.0841. The van der Waals surface area contributed by atoms with Crippen LogP contribution in [0.25, 0.3) is 0 Å². The van der Waals surface area contributed by atoms with Crippen LogP contribution in [0.15, 0.2) is 18.2 Å². The van der Waals surface area contributed by atoms with E-state index >= 15 is 0 Å². The second kappa shape index (κ2) is 5.10. The Balaban J connectivity index is 2.22. The largest absolute Gasteiger partial charge is 0.534 e. The standard InChI is InChI=1S/C11H10F3NO5S/c1-6-4-7(20-21(17,18)11(12,13)14)2-3-8(6)9-5-19-10(16)15-9/h2-4,9H,5H2,1H3,(H,15,16). The molecule has 1 aromatic rings. The number of amides is 1. The van der Waals surface area contributed by atoms with E-state index in [0.717, 1.165) is 12.1 Å². The van der Waals surface area contributed by atoms with Gasteiger partial charge in [0.25, 0.3) is 0 Å². The van der Waals surface area contributed by atoms with Crippen LogP contribution in [0, 0.1) is 6.92 Å². The summed E-state index contributed by atoms with van der Waals surface area (Å²) in [6, 6.07) is 3.15. The Morgan fingerprint density at radius 1 is 1.38 bits per heavy atom. The molecule has 1 saturated heterocycles. The Morgan fingerprint density at radius 3 is 2.52 bits per heavy atom. The fourth-order valence-corrected chi connectivity index (χ4v) is 2.27. The second-order valence-corrected chi connectivity index (χ2v) is 5.83. The number of aryl methyl sites for hydroxylation is 1. The van der Waals surface area contributed by atoms with Gasteiger partial charge in [0.05, 0.1) is 6.04 Å². The number of cyclic esters (lactones) is 1. The van der Waals surface area contributed by atoms with E-state index in [1.165, 1.54) is 6.07 Å². The van der Waals surface area contributed by atoms with Crippen molar-refractivity contribution in [1.82, 2.24) is 5.32 Å². The summed E-state index contributed by atoms with van der Waals surface area (Å²) < 4.78 is 67.1. The number of alkyl carbamates (subject to hydrolysis) is 1. The number of ether oxygens (including phenoxy) is 1. The van der Waals surface area contributed by atoms with Crippen molar-refractivity contribution in [2.75, 3.05) is 6.61 Å². The molecule has 0 aromatic heterocycles. The third kappa shape index (κ3) is 3.20. The predicted octanol–water partition coefficient (Wildman–Crippen LogP) is 2.00. The number of carbonyl (C=O) groups excluding carboxylic acids is 1. The van der Waals surface area contributed by atoms with Crippen LogP contribution >= 0.6 is 0 Å².